The molecule has 1 aromatic carbocycles. The summed E-state index contributed by atoms with van der Waals surface area (Å²) in [5.41, 5.74) is 0.594. The van der Waals surface area contributed by atoms with Gasteiger partial charge in [-0.25, -0.2) is 4.98 Å². The minimum atomic E-state index is -0.164. The average molecular weight is 373 g/mol. The monoisotopic (exact) mass is 371 g/mol. The lowest BCUT2D eigenvalue weighted by Crippen LogP contribution is -2.27. The van der Waals surface area contributed by atoms with Crippen molar-refractivity contribution in [3.63, 3.8) is 0 Å². The highest BCUT2D eigenvalue weighted by Gasteiger charge is 2.15. The predicted molar refractivity (Wildman–Crippen MR) is 76.3 cm³/mol. The van der Waals surface area contributed by atoms with E-state index >= 15 is 0 Å². The number of hydrogen-bond acceptors (Lipinski definition) is 2. The molecule has 18 heavy (non-hydrogen) atoms. The van der Waals surface area contributed by atoms with Gasteiger partial charge >= 0.3 is 0 Å². The summed E-state index contributed by atoms with van der Waals surface area (Å²) < 4.78 is 1.67. The summed E-state index contributed by atoms with van der Waals surface area (Å²) in [6.45, 7) is 1.88. The second-order valence-electron chi connectivity index (χ2n) is 3.79. The molecule has 2 N–H and O–H groups in total. The number of imidazole rings is 1. The van der Waals surface area contributed by atoms with E-state index in [0.717, 1.165) is 14.8 Å². The van der Waals surface area contributed by atoms with Crippen LogP contribution in [0.3, 0.4) is 0 Å². The van der Waals surface area contributed by atoms with Gasteiger partial charge in [0.2, 0.25) is 0 Å². The normalized spacial score (nSPS) is 12.2. The minimum absolute atomic E-state index is 0.140. The number of H-pyrrole nitrogens is 1. The Bertz CT molecular complexity index is 554. The molecule has 2 rings (SSSR count). The Morgan fingerprint density at radius 3 is 2.83 bits per heavy atom. The van der Waals surface area contributed by atoms with Crippen LogP contribution in [0.1, 0.15) is 29.1 Å². The maximum Gasteiger partial charge on any atom is 0.253 e. The fourth-order valence-electron chi connectivity index (χ4n) is 1.53. The number of benzene rings is 1. The minimum Gasteiger partial charge on any atom is -0.347 e. The average Bonchev–Trinajstić information content (AvgIpc) is 2.81. The highest BCUT2D eigenvalue weighted by molar-refractivity contribution is 9.11. The molecule has 0 radical (unpaired) electrons. The van der Waals surface area contributed by atoms with Crippen molar-refractivity contribution in [1.82, 2.24) is 15.3 Å². The number of amides is 1. The van der Waals surface area contributed by atoms with Crippen molar-refractivity contribution < 1.29 is 4.79 Å². The quantitative estimate of drug-likeness (QED) is 0.867. The molecule has 0 aliphatic heterocycles. The van der Waals surface area contributed by atoms with Gasteiger partial charge in [-0.05, 0) is 41.1 Å². The van der Waals surface area contributed by atoms with Gasteiger partial charge in [0, 0.05) is 21.3 Å². The Balaban J connectivity index is 2.12. The lowest BCUT2D eigenvalue weighted by atomic mass is 10.2. The van der Waals surface area contributed by atoms with E-state index in [1.807, 2.05) is 19.1 Å². The molecule has 6 heteroatoms. The molecule has 1 aromatic heterocycles. The van der Waals surface area contributed by atoms with Crippen molar-refractivity contribution >= 4 is 37.8 Å². The first kappa shape index (κ1) is 13.3. The smallest absolute Gasteiger partial charge is 0.253 e. The molecule has 0 aliphatic rings. The standard InChI is InChI=1S/C12H11Br2N3O/c1-7(11-15-4-5-16-11)17-12(18)9-3-2-8(13)6-10(9)14/h2-7H,1H3,(H,15,16)(H,17,18). The van der Waals surface area contributed by atoms with Crippen LogP contribution >= 0.6 is 31.9 Å². The van der Waals surface area contributed by atoms with E-state index in [-0.39, 0.29) is 11.9 Å². The van der Waals surface area contributed by atoms with Crippen molar-refractivity contribution in [3.8, 4) is 0 Å². The third-order valence-electron chi connectivity index (χ3n) is 2.45. The predicted octanol–water partition coefficient (Wildman–Crippen LogP) is 3.43. The topological polar surface area (TPSA) is 57.8 Å². The number of aromatic amines is 1. The molecule has 1 amide bonds. The summed E-state index contributed by atoms with van der Waals surface area (Å²) >= 11 is 6.72. The van der Waals surface area contributed by atoms with E-state index in [1.54, 1.807) is 18.5 Å². The number of aromatic nitrogens is 2. The molecule has 0 saturated heterocycles. The van der Waals surface area contributed by atoms with Gasteiger partial charge in [-0.3, -0.25) is 4.79 Å². The zero-order valence-electron chi connectivity index (χ0n) is 9.58. The van der Waals surface area contributed by atoms with Gasteiger partial charge in [0.15, 0.2) is 0 Å². The molecule has 0 aliphatic carbocycles. The lowest BCUT2D eigenvalue weighted by Gasteiger charge is -2.12. The van der Waals surface area contributed by atoms with Crippen molar-refractivity contribution in [3.05, 3.63) is 50.9 Å². The number of nitrogens with one attached hydrogen (secondary N) is 2. The van der Waals surface area contributed by atoms with Crippen molar-refractivity contribution in [2.24, 2.45) is 0 Å². The zero-order valence-corrected chi connectivity index (χ0v) is 12.7. The Morgan fingerprint density at radius 2 is 2.22 bits per heavy atom. The molecule has 0 saturated carbocycles. The van der Waals surface area contributed by atoms with Gasteiger partial charge in [0.1, 0.15) is 5.82 Å². The second kappa shape index (κ2) is 5.67. The summed E-state index contributed by atoms with van der Waals surface area (Å²) in [5.74, 6) is 0.592. The van der Waals surface area contributed by atoms with E-state index in [9.17, 15) is 4.79 Å². The van der Waals surface area contributed by atoms with E-state index < -0.39 is 0 Å². The van der Waals surface area contributed by atoms with Crippen molar-refractivity contribution in [1.29, 1.82) is 0 Å². The molecular formula is C12H11Br2N3O. The molecule has 1 unspecified atom stereocenters. The molecule has 0 spiro atoms. The maximum atomic E-state index is 12.1. The Labute approximate surface area is 121 Å². The molecule has 4 nitrogen and oxygen atoms in total. The SMILES string of the molecule is CC(NC(=O)c1ccc(Br)cc1Br)c1ncc[nH]1. The summed E-state index contributed by atoms with van der Waals surface area (Å²) in [4.78, 5) is 19.2. The Morgan fingerprint density at radius 1 is 1.44 bits per heavy atom. The third kappa shape index (κ3) is 3.00. The highest BCUT2D eigenvalue weighted by atomic mass is 79.9. The molecule has 94 valence electrons. The summed E-state index contributed by atoms with van der Waals surface area (Å²) in [7, 11) is 0. The first-order valence-electron chi connectivity index (χ1n) is 5.33. The van der Waals surface area contributed by atoms with Gasteiger partial charge < -0.3 is 10.3 Å². The summed E-state index contributed by atoms with van der Waals surface area (Å²) in [6.07, 6.45) is 3.39. The summed E-state index contributed by atoms with van der Waals surface area (Å²) in [5, 5.41) is 2.88. The van der Waals surface area contributed by atoms with Gasteiger partial charge in [-0.15, -0.1) is 0 Å². The van der Waals surface area contributed by atoms with Crippen LogP contribution in [0.2, 0.25) is 0 Å². The molecular weight excluding hydrogens is 362 g/mol. The van der Waals surface area contributed by atoms with E-state index in [0.29, 0.717) is 5.56 Å². The Hall–Kier alpha value is -1.14. The number of carbonyl (C=O) groups is 1. The fraction of sp³-hybridized carbons (Fsp3) is 0.167. The fourth-order valence-corrected chi connectivity index (χ4v) is 2.76. The van der Waals surface area contributed by atoms with Crippen LogP contribution in [0.5, 0.6) is 0 Å². The van der Waals surface area contributed by atoms with E-state index in [1.165, 1.54) is 0 Å². The Kier molecular flexibility index (Phi) is 4.19. The molecule has 0 bridgehead atoms. The molecule has 1 atom stereocenters. The van der Waals surface area contributed by atoms with Crippen LogP contribution in [-0.4, -0.2) is 15.9 Å². The first-order valence-corrected chi connectivity index (χ1v) is 6.91. The number of rotatable bonds is 3. The molecule has 1 heterocycles. The van der Waals surface area contributed by atoms with Crippen LogP contribution < -0.4 is 5.32 Å². The van der Waals surface area contributed by atoms with E-state index in [4.69, 9.17) is 0 Å². The number of carbonyl (C=O) groups excluding carboxylic acids is 1. The number of hydrogen-bond donors (Lipinski definition) is 2. The molecule has 0 fully saturated rings. The number of nitrogens with zero attached hydrogens (tertiary/aromatic N) is 1. The summed E-state index contributed by atoms with van der Waals surface area (Å²) in [6, 6.07) is 5.27. The third-order valence-corrected chi connectivity index (χ3v) is 3.60. The number of halogens is 2. The molecule has 2 aromatic rings. The van der Waals surface area contributed by atoms with Crippen LogP contribution in [0.25, 0.3) is 0 Å². The van der Waals surface area contributed by atoms with Crippen molar-refractivity contribution in [2.75, 3.05) is 0 Å². The van der Waals surface area contributed by atoms with Crippen LogP contribution in [0.15, 0.2) is 39.5 Å². The second-order valence-corrected chi connectivity index (χ2v) is 5.56. The van der Waals surface area contributed by atoms with Gasteiger partial charge in [0.05, 0.1) is 11.6 Å². The zero-order chi connectivity index (χ0) is 13.1. The van der Waals surface area contributed by atoms with Crippen molar-refractivity contribution in [2.45, 2.75) is 13.0 Å². The van der Waals surface area contributed by atoms with Gasteiger partial charge in [-0.1, -0.05) is 15.9 Å². The first-order chi connectivity index (χ1) is 8.58. The van der Waals surface area contributed by atoms with Crippen LogP contribution in [-0.2, 0) is 0 Å². The van der Waals surface area contributed by atoms with Crippen LogP contribution in [0.4, 0.5) is 0 Å². The highest BCUT2D eigenvalue weighted by Crippen LogP contribution is 2.22. The van der Waals surface area contributed by atoms with Gasteiger partial charge in [0.25, 0.3) is 5.91 Å². The lowest BCUT2D eigenvalue weighted by molar-refractivity contribution is 0.0937. The van der Waals surface area contributed by atoms with Crippen LogP contribution in [0, 0.1) is 0 Å². The largest absolute Gasteiger partial charge is 0.347 e. The van der Waals surface area contributed by atoms with E-state index in [2.05, 4.69) is 47.1 Å². The van der Waals surface area contributed by atoms with Gasteiger partial charge in [-0.2, -0.15) is 0 Å². The maximum absolute atomic E-state index is 12.1.